The second-order valence-electron chi connectivity index (χ2n) is 5.13. The standard InChI is InChI=1S/C14H20N2O3/c1-10-3-4-11(17)13(14(10)19)12(18)9-16-7-5-15(2)6-8-16/h3-4,17,19H,5-9H2,1-2H3. The molecule has 0 saturated carbocycles. The molecule has 5 heteroatoms. The van der Waals surface area contributed by atoms with Gasteiger partial charge in [-0.05, 0) is 25.6 Å². The summed E-state index contributed by atoms with van der Waals surface area (Å²) in [6.07, 6.45) is 0. The molecule has 1 saturated heterocycles. The molecule has 1 fully saturated rings. The lowest BCUT2D eigenvalue weighted by Gasteiger charge is -2.31. The molecule has 0 radical (unpaired) electrons. The highest BCUT2D eigenvalue weighted by atomic mass is 16.3. The van der Waals surface area contributed by atoms with Gasteiger partial charge in [-0.1, -0.05) is 6.07 Å². The van der Waals surface area contributed by atoms with Crippen LogP contribution in [0.4, 0.5) is 0 Å². The summed E-state index contributed by atoms with van der Waals surface area (Å²) in [5.41, 5.74) is 0.637. The van der Waals surface area contributed by atoms with Gasteiger partial charge in [0.25, 0.3) is 0 Å². The van der Waals surface area contributed by atoms with Crippen LogP contribution in [0.1, 0.15) is 15.9 Å². The average Bonchev–Trinajstić information content (AvgIpc) is 2.37. The number of phenolic OH excluding ortho intramolecular Hbond substituents is 2. The maximum Gasteiger partial charge on any atom is 0.184 e. The Bertz CT molecular complexity index is 480. The molecular formula is C14H20N2O3. The highest BCUT2D eigenvalue weighted by Crippen LogP contribution is 2.30. The maximum absolute atomic E-state index is 12.2. The van der Waals surface area contributed by atoms with Gasteiger partial charge in [0.05, 0.1) is 6.54 Å². The largest absolute Gasteiger partial charge is 0.507 e. The number of ketones is 1. The minimum Gasteiger partial charge on any atom is -0.507 e. The number of hydrogen-bond acceptors (Lipinski definition) is 5. The van der Waals surface area contributed by atoms with Crippen LogP contribution < -0.4 is 0 Å². The van der Waals surface area contributed by atoms with Crippen molar-refractivity contribution in [3.63, 3.8) is 0 Å². The van der Waals surface area contributed by atoms with Gasteiger partial charge in [0, 0.05) is 26.2 Å². The number of hydrogen-bond donors (Lipinski definition) is 2. The summed E-state index contributed by atoms with van der Waals surface area (Å²) < 4.78 is 0. The third-order valence-electron chi connectivity index (χ3n) is 3.60. The molecule has 2 N–H and O–H groups in total. The molecule has 19 heavy (non-hydrogen) atoms. The van der Waals surface area contributed by atoms with Crippen LogP contribution in [-0.2, 0) is 0 Å². The monoisotopic (exact) mass is 264 g/mol. The van der Waals surface area contributed by atoms with Crippen LogP contribution >= 0.6 is 0 Å². The van der Waals surface area contributed by atoms with Crippen LogP contribution in [0.5, 0.6) is 11.5 Å². The molecule has 0 unspecified atom stereocenters. The van der Waals surface area contributed by atoms with Gasteiger partial charge in [-0.25, -0.2) is 0 Å². The van der Waals surface area contributed by atoms with Crippen molar-refractivity contribution in [1.82, 2.24) is 9.80 Å². The first-order valence-electron chi connectivity index (χ1n) is 6.44. The smallest absolute Gasteiger partial charge is 0.184 e. The zero-order valence-corrected chi connectivity index (χ0v) is 11.4. The normalized spacial score (nSPS) is 17.6. The van der Waals surface area contributed by atoms with E-state index in [2.05, 4.69) is 11.9 Å². The highest BCUT2D eigenvalue weighted by Gasteiger charge is 2.22. The molecule has 0 amide bonds. The van der Waals surface area contributed by atoms with Crippen molar-refractivity contribution in [2.75, 3.05) is 39.8 Å². The molecule has 0 aliphatic carbocycles. The van der Waals surface area contributed by atoms with Crippen molar-refractivity contribution in [1.29, 1.82) is 0 Å². The van der Waals surface area contributed by atoms with Crippen molar-refractivity contribution in [2.45, 2.75) is 6.92 Å². The number of phenols is 2. The van der Waals surface area contributed by atoms with E-state index in [1.165, 1.54) is 6.07 Å². The Morgan fingerprint density at radius 3 is 2.47 bits per heavy atom. The van der Waals surface area contributed by atoms with Gasteiger partial charge in [-0.15, -0.1) is 0 Å². The molecule has 104 valence electrons. The number of benzene rings is 1. The molecule has 5 nitrogen and oxygen atoms in total. The Labute approximate surface area is 113 Å². The summed E-state index contributed by atoms with van der Waals surface area (Å²) in [7, 11) is 2.05. The molecule has 0 spiro atoms. The average molecular weight is 264 g/mol. The molecule has 0 atom stereocenters. The number of Topliss-reactive ketones (excluding diaryl/α,β-unsaturated/α-hetero) is 1. The summed E-state index contributed by atoms with van der Waals surface area (Å²) in [6, 6.07) is 3.05. The quantitative estimate of drug-likeness (QED) is 0.792. The number of nitrogens with zero attached hydrogens (tertiary/aromatic N) is 2. The van der Waals surface area contributed by atoms with E-state index in [1.807, 2.05) is 4.90 Å². The summed E-state index contributed by atoms with van der Waals surface area (Å²) in [4.78, 5) is 16.5. The summed E-state index contributed by atoms with van der Waals surface area (Å²) in [6.45, 7) is 5.46. The first kappa shape index (κ1) is 13.8. The van der Waals surface area contributed by atoms with E-state index in [0.29, 0.717) is 5.56 Å². The molecule has 0 bridgehead atoms. The Balaban J connectivity index is 2.10. The summed E-state index contributed by atoms with van der Waals surface area (Å²) in [5.74, 6) is -0.496. The summed E-state index contributed by atoms with van der Waals surface area (Å²) >= 11 is 0. The summed E-state index contributed by atoms with van der Waals surface area (Å²) in [5, 5.41) is 19.7. The van der Waals surface area contributed by atoms with Gasteiger partial charge in [-0.2, -0.15) is 0 Å². The van der Waals surface area contributed by atoms with Gasteiger partial charge in [0.2, 0.25) is 0 Å². The van der Waals surface area contributed by atoms with E-state index in [4.69, 9.17) is 0 Å². The van der Waals surface area contributed by atoms with E-state index in [-0.39, 0.29) is 29.4 Å². The molecule has 1 heterocycles. The van der Waals surface area contributed by atoms with E-state index >= 15 is 0 Å². The van der Waals surface area contributed by atoms with Gasteiger partial charge >= 0.3 is 0 Å². The Morgan fingerprint density at radius 2 is 1.84 bits per heavy atom. The van der Waals surface area contributed by atoms with Crippen molar-refractivity contribution >= 4 is 5.78 Å². The Morgan fingerprint density at radius 1 is 1.21 bits per heavy atom. The van der Waals surface area contributed by atoms with Crippen LogP contribution in [0.15, 0.2) is 12.1 Å². The lowest BCUT2D eigenvalue weighted by atomic mass is 10.0. The number of likely N-dealkylation sites (N-methyl/N-ethyl adjacent to an activating group) is 1. The molecule has 2 rings (SSSR count). The molecular weight excluding hydrogens is 244 g/mol. The van der Waals surface area contributed by atoms with Crippen molar-refractivity contribution in [3.8, 4) is 11.5 Å². The fourth-order valence-electron chi connectivity index (χ4n) is 2.25. The van der Waals surface area contributed by atoms with E-state index in [9.17, 15) is 15.0 Å². The minimum atomic E-state index is -0.233. The third-order valence-corrected chi connectivity index (χ3v) is 3.60. The van der Waals surface area contributed by atoms with Gasteiger partial charge < -0.3 is 15.1 Å². The number of carbonyl (C=O) groups excluding carboxylic acids is 1. The van der Waals surface area contributed by atoms with E-state index < -0.39 is 0 Å². The van der Waals surface area contributed by atoms with Crippen LogP contribution in [0, 0.1) is 6.92 Å². The van der Waals surface area contributed by atoms with E-state index in [1.54, 1.807) is 13.0 Å². The SMILES string of the molecule is Cc1ccc(O)c(C(=O)CN2CCN(C)CC2)c1O. The first-order chi connectivity index (χ1) is 8.99. The van der Waals surface area contributed by atoms with Crippen molar-refractivity contribution in [3.05, 3.63) is 23.3 Å². The van der Waals surface area contributed by atoms with Crippen LogP contribution in [0.2, 0.25) is 0 Å². The fraction of sp³-hybridized carbons (Fsp3) is 0.500. The van der Waals surface area contributed by atoms with Gasteiger partial charge in [0.1, 0.15) is 17.1 Å². The van der Waals surface area contributed by atoms with Crippen LogP contribution in [0.25, 0.3) is 0 Å². The lowest BCUT2D eigenvalue weighted by molar-refractivity contribution is 0.0871. The number of aryl methyl sites for hydroxylation is 1. The predicted molar refractivity (Wildman–Crippen MR) is 72.8 cm³/mol. The van der Waals surface area contributed by atoms with E-state index in [0.717, 1.165) is 26.2 Å². The van der Waals surface area contributed by atoms with Crippen LogP contribution in [0.3, 0.4) is 0 Å². The second kappa shape index (κ2) is 5.59. The molecule has 1 aliphatic heterocycles. The molecule has 0 aromatic heterocycles. The van der Waals surface area contributed by atoms with Gasteiger partial charge in [-0.3, -0.25) is 9.69 Å². The van der Waals surface area contributed by atoms with Crippen molar-refractivity contribution < 1.29 is 15.0 Å². The Kier molecular flexibility index (Phi) is 4.07. The minimum absolute atomic E-state index is 0.0407. The first-order valence-corrected chi connectivity index (χ1v) is 6.44. The van der Waals surface area contributed by atoms with Crippen molar-refractivity contribution in [2.24, 2.45) is 0 Å². The number of piperazine rings is 1. The molecule has 1 aromatic rings. The zero-order chi connectivity index (χ0) is 14.0. The maximum atomic E-state index is 12.2. The molecule has 1 aliphatic rings. The number of rotatable bonds is 3. The van der Waals surface area contributed by atoms with Crippen LogP contribution in [-0.4, -0.2) is 65.6 Å². The second-order valence-corrected chi connectivity index (χ2v) is 5.13. The number of carbonyl (C=O) groups is 1. The molecule has 1 aromatic carbocycles. The lowest BCUT2D eigenvalue weighted by Crippen LogP contribution is -2.46. The van der Waals surface area contributed by atoms with Gasteiger partial charge in [0.15, 0.2) is 5.78 Å². The predicted octanol–water partition coefficient (Wildman–Crippen LogP) is 0.836. The topological polar surface area (TPSA) is 64.0 Å². The zero-order valence-electron chi connectivity index (χ0n) is 11.4. The third kappa shape index (κ3) is 3.05. The highest BCUT2D eigenvalue weighted by molar-refractivity contribution is 6.02. The Hall–Kier alpha value is -1.59. The number of aromatic hydroxyl groups is 2. The fourth-order valence-corrected chi connectivity index (χ4v) is 2.25.